The number of aromatic amines is 1. The summed E-state index contributed by atoms with van der Waals surface area (Å²) in [6, 6.07) is 17.2. The summed E-state index contributed by atoms with van der Waals surface area (Å²) in [5.41, 5.74) is 2.56. The van der Waals surface area contributed by atoms with Crippen LogP contribution in [0.4, 0.5) is 16.4 Å². The predicted octanol–water partition coefficient (Wildman–Crippen LogP) is 7.28. The van der Waals surface area contributed by atoms with Crippen molar-refractivity contribution in [2.24, 2.45) is 0 Å². The number of aromatic nitrogens is 2. The van der Waals surface area contributed by atoms with Crippen molar-refractivity contribution in [1.29, 1.82) is 0 Å². The van der Waals surface area contributed by atoms with Crippen LogP contribution in [0.5, 0.6) is 0 Å². The highest BCUT2D eigenvalue weighted by atomic mass is 35.6. The molecule has 0 saturated carbocycles. The summed E-state index contributed by atoms with van der Waals surface area (Å²) in [5.74, 6) is 0.379. The van der Waals surface area contributed by atoms with E-state index >= 15 is 0 Å². The van der Waals surface area contributed by atoms with Gasteiger partial charge in [0.1, 0.15) is 12.3 Å². The molecule has 1 aliphatic rings. The smallest absolute Gasteiger partial charge is 0.413 e. The second-order valence-electron chi connectivity index (χ2n) is 12.7. The summed E-state index contributed by atoms with van der Waals surface area (Å²) < 4.78 is 14.4. The highest BCUT2D eigenvalue weighted by molar-refractivity contribution is 8.08. The molecule has 336 valence electrons. The molecule has 4 amide bonds. The van der Waals surface area contributed by atoms with E-state index in [9.17, 15) is 19.2 Å². The third-order valence-electron chi connectivity index (χ3n) is 8.38. The van der Waals surface area contributed by atoms with Crippen molar-refractivity contribution in [2.45, 2.75) is 60.6 Å². The number of hydrogen-bond donors (Lipinski definition) is 4. The topological polar surface area (TPSA) is 174 Å². The number of halogens is 6. The Kier molecular flexibility index (Phi) is 23.7. The maximum atomic E-state index is 13.0. The van der Waals surface area contributed by atoms with Gasteiger partial charge < -0.3 is 34.3 Å². The Balaban J connectivity index is 0.000000320. The number of carbonyl (C=O) groups is 4. The molecule has 2 atom stereocenters. The van der Waals surface area contributed by atoms with Gasteiger partial charge in [0.15, 0.2) is 0 Å². The minimum atomic E-state index is -2.63. The number of nitrogens with zero attached hydrogens (tertiary/aromatic N) is 5. The molecular formula is C36H52Cl6N9O7PS. The molecule has 1 aliphatic heterocycles. The summed E-state index contributed by atoms with van der Waals surface area (Å²) in [6.45, 7) is 10.6. The van der Waals surface area contributed by atoms with Crippen LogP contribution in [0.25, 0.3) is 11.0 Å². The average Bonchev–Trinajstić information content (AvgIpc) is 3.60. The SMILES string of the molecule is CCOP(=S)(OCC)N(CC)CC(=O)N(c1ccccc1)C(C)C.COC(=O)Nc1nc2ccccc2[nH]1.O=CNC(N1CCN(C(NC=O)C(Cl)(Cl)Cl)CC1)C(Cl)(Cl)Cl. The summed E-state index contributed by atoms with van der Waals surface area (Å²) >= 11 is 40.8. The fourth-order valence-electron chi connectivity index (χ4n) is 5.81. The molecule has 2 heterocycles. The molecule has 1 saturated heterocycles. The van der Waals surface area contributed by atoms with Crippen molar-refractivity contribution >= 4 is 136 Å². The van der Waals surface area contributed by atoms with Gasteiger partial charge in [0.05, 0.1) is 37.9 Å². The standard InChI is InChI=1S/C17H29N2O3PS.C10H14Cl6N4O2.C9H9N3O2/c1-6-18(23(24,21-7-2)22-8-3)14-17(20)19(15(4)5)16-12-10-9-11-13-16;11-9(12,13)7(17-5-21)19-1-2-20(4-3-19)8(18-6-22)10(14,15)16;1-14-9(13)12-8-10-6-4-2-3-5-7(6)11-8/h9-13,15H,6-8,14H2,1-5H3;5-8H,1-4H2,(H,17,21)(H,18,22);2-5H,1H3,(H2,10,11,12,13). The van der Waals surface area contributed by atoms with Crippen molar-refractivity contribution in [3.63, 3.8) is 0 Å². The first kappa shape index (κ1) is 53.9. The van der Waals surface area contributed by atoms with Gasteiger partial charge in [-0.15, -0.1) is 0 Å². The molecule has 3 aromatic rings. The van der Waals surface area contributed by atoms with Crippen LogP contribution >= 0.6 is 76.2 Å². The molecule has 1 aromatic heterocycles. The number of carbonyl (C=O) groups excluding carboxylic acids is 4. The maximum absolute atomic E-state index is 13.0. The summed E-state index contributed by atoms with van der Waals surface area (Å²) in [7, 11) is 1.30. The second-order valence-corrected chi connectivity index (χ2v) is 20.9. The van der Waals surface area contributed by atoms with E-state index in [0.29, 0.717) is 64.7 Å². The Morgan fingerprint density at radius 2 is 1.35 bits per heavy atom. The van der Waals surface area contributed by atoms with E-state index in [1.807, 2.05) is 93.9 Å². The lowest BCUT2D eigenvalue weighted by atomic mass is 10.2. The van der Waals surface area contributed by atoms with Gasteiger partial charge in [-0.05, 0) is 63.8 Å². The fourth-order valence-corrected chi connectivity index (χ4v) is 9.86. The lowest BCUT2D eigenvalue weighted by molar-refractivity contribution is -0.119. The van der Waals surface area contributed by atoms with Crippen LogP contribution in [-0.2, 0) is 40.0 Å². The molecule has 24 heteroatoms. The first-order valence-electron chi connectivity index (χ1n) is 18.6. The Hall–Kier alpha value is -2.22. The zero-order valence-corrected chi connectivity index (χ0v) is 40.2. The first-order chi connectivity index (χ1) is 28.3. The first-order valence-corrected chi connectivity index (χ1v) is 23.5. The minimum Gasteiger partial charge on any atom is -0.453 e. The lowest BCUT2D eigenvalue weighted by Crippen LogP contribution is -2.63. The van der Waals surface area contributed by atoms with Gasteiger partial charge in [0.2, 0.25) is 32.3 Å². The van der Waals surface area contributed by atoms with E-state index in [1.54, 1.807) is 14.7 Å². The van der Waals surface area contributed by atoms with Gasteiger partial charge in [0.25, 0.3) is 6.64 Å². The molecule has 4 rings (SSSR count). The third-order valence-corrected chi connectivity index (χ3v) is 13.2. The van der Waals surface area contributed by atoms with Crippen LogP contribution in [0.3, 0.4) is 0 Å². The zero-order valence-electron chi connectivity index (χ0n) is 34.0. The molecular weight excluding hydrogens is 946 g/mol. The number of hydrogen-bond acceptors (Lipinski definition) is 11. The second kappa shape index (κ2) is 26.4. The summed E-state index contributed by atoms with van der Waals surface area (Å²) in [6.07, 6.45) is -1.15. The fraction of sp³-hybridized carbons (Fsp3) is 0.528. The molecule has 0 bridgehead atoms. The van der Waals surface area contributed by atoms with Gasteiger partial charge >= 0.3 is 6.09 Å². The number of methoxy groups -OCH3 is 1. The molecule has 1 fully saturated rings. The van der Waals surface area contributed by atoms with Crippen LogP contribution < -0.4 is 20.9 Å². The number of H-pyrrole nitrogens is 1. The Bertz CT molecular complexity index is 1740. The van der Waals surface area contributed by atoms with Gasteiger partial charge in [-0.2, -0.15) is 0 Å². The number of alkyl halides is 6. The Morgan fingerprint density at radius 1 is 0.867 bits per heavy atom. The molecule has 0 spiro atoms. The molecule has 0 radical (unpaired) electrons. The van der Waals surface area contributed by atoms with Crippen LogP contribution in [0.15, 0.2) is 54.6 Å². The Labute approximate surface area is 386 Å². The van der Waals surface area contributed by atoms with E-state index in [-0.39, 0.29) is 18.5 Å². The van der Waals surface area contributed by atoms with Gasteiger partial charge in [-0.1, -0.05) is 107 Å². The number of anilines is 2. The number of nitrogens with one attached hydrogen (secondary N) is 4. The number of likely N-dealkylation sites (N-methyl/N-ethyl adjacent to an activating group) is 1. The van der Waals surface area contributed by atoms with E-state index < -0.39 is 32.7 Å². The van der Waals surface area contributed by atoms with Crippen molar-refractivity contribution in [3.05, 3.63) is 54.6 Å². The van der Waals surface area contributed by atoms with E-state index in [4.69, 9.17) is 90.5 Å². The minimum absolute atomic E-state index is 0.00770. The average molecular weight is 999 g/mol. The summed E-state index contributed by atoms with van der Waals surface area (Å²) in [4.78, 5) is 57.6. The highest BCUT2D eigenvalue weighted by Crippen LogP contribution is 2.52. The van der Waals surface area contributed by atoms with Crippen LogP contribution in [0.1, 0.15) is 34.6 Å². The molecule has 16 nitrogen and oxygen atoms in total. The zero-order chi connectivity index (χ0) is 45.1. The van der Waals surface area contributed by atoms with Crippen molar-refractivity contribution in [3.8, 4) is 0 Å². The number of benzene rings is 2. The Morgan fingerprint density at radius 3 is 1.75 bits per heavy atom. The van der Waals surface area contributed by atoms with E-state index in [0.717, 1.165) is 16.7 Å². The van der Waals surface area contributed by atoms with Gasteiger partial charge in [0, 0.05) is 44.5 Å². The van der Waals surface area contributed by atoms with Crippen LogP contribution in [0.2, 0.25) is 0 Å². The van der Waals surface area contributed by atoms with Crippen molar-refractivity contribution < 1.29 is 33.0 Å². The highest BCUT2D eigenvalue weighted by Gasteiger charge is 2.42. The predicted molar refractivity (Wildman–Crippen MR) is 246 cm³/mol. The molecule has 4 N–H and O–H groups in total. The van der Waals surface area contributed by atoms with E-state index in [1.165, 1.54) is 7.11 Å². The largest absolute Gasteiger partial charge is 0.453 e. The quantitative estimate of drug-likeness (QED) is 0.0606. The maximum Gasteiger partial charge on any atom is 0.413 e. The number of ether oxygens (including phenoxy) is 1. The van der Waals surface area contributed by atoms with Gasteiger partial charge in [-0.3, -0.25) is 29.5 Å². The number of rotatable bonds is 17. The molecule has 2 unspecified atom stereocenters. The number of imidazole rings is 1. The normalized spacial score (nSPS) is 14.8. The van der Waals surface area contributed by atoms with Crippen molar-refractivity contribution in [2.75, 3.05) is 69.8 Å². The summed E-state index contributed by atoms with van der Waals surface area (Å²) in [5, 5.41) is 7.40. The molecule has 0 aliphatic carbocycles. The third kappa shape index (κ3) is 17.2. The van der Waals surface area contributed by atoms with Crippen molar-refractivity contribution in [1.82, 2.24) is 35.1 Å². The molecule has 2 aromatic carbocycles. The van der Waals surface area contributed by atoms with Gasteiger partial charge in [-0.25, -0.2) is 14.4 Å². The number of para-hydroxylation sites is 3. The molecule has 60 heavy (non-hydrogen) atoms. The number of amides is 4. The van der Waals surface area contributed by atoms with E-state index in [2.05, 4.69) is 30.7 Å². The number of piperazine rings is 1. The van der Waals surface area contributed by atoms with Crippen LogP contribution in [0, 0.1) is 0 Å². The van der Waals surface area contributed by atoms with Crippen LogP contribution in [-0.4, -0.2) is 135 Å². The lowest BCUT2D eigenvalue weighted by Gasteiger charge is -2.44. The number of fused-ring (bicyclic) bond motifs is 1. The monoisotopic (exact) mass is 995 g/mol.